The molecule has 0 radical (unpaired) electrons. The quantitative estimate of drug-likeness (QED) is 0.314. The third-order valence-electron chi connectivity index (χ3n) is 5.02. The molecule has 0 saturated heterocycles. The molecule has 0 unspecified atom stereocenters. The zero-order chi connectivity index (χ0) is 24.1. The van der Waals surface area contributed by atoms with E-state index in [0.29, 0.717) is 36.0 Å². The van der Waals surface area contributed by atoms with E-state index in [4.69, 9.17) is 13.9 Å². The fraction of sp³-hybridized carbons (Fsp3) is 0.192. The summed E-state index contributed by atoms with van der Waals surface area (Å²) >= 11 is 0. The highest BCUT2D eigenvalue weighted by atomic mass is 32.2. The van der Waals surface area contributed by atoms with Crippen LogP contribution in [-0.4, -0.2) is 26.6 Å². The van der Waals surface area contributed by atoms with Crippen molar-refractivity contribution < 1.29 is 22.3 Å². The number of aryl methyl sites for hydroxylation is 1. The molecule has 0 aliphatic rings. The summed E-state index contributed by atoms with van der Waals surface area (Å²) in [5.41, 5.74) is 2.23. The van der Waals surface area contributed by atoms with E-state index < -0.39 is 9.84 Å². The minimum Gasteiger partial charge on any atom is -0.494 e. The summed E-state index contributed by atoms with van der Waals surface area (Å²) in [6, 6.07) is 20.9. The van der Waals surface area contributed by atoms with E-state index in [-0.39, 0.29) is 21.7 Å². The molecule has 7 nitrogen and oxygen atoms in total. The minimum atomic E-state index is -3.94. The van der Waals surface area contributed by atoms with E-state index in [1.54, 1.807) is 72.8 Å². The molecule has 0 fully saturated rings. The molecule has 0 amide bonds. The molecule has 1 N–H and O–H groups in total. The van der Waals surface area contributed by atoms with Crippen LogP contribution in [0.4, 0.5) is 11.6 Å². The highest BCUT2D eigenvalue weighted by Crippen LogP contribution is 2.35. The standard InChI is InChI=1S/C26H26N2O5S/c1-4-31-21-12-8-19(9-13-21)24-28-26(34(29,30)23-16-6-18(3)7-17-23)25(33-24)27-20-10-14-22(15-11-20)32-5-2/h6-17,27H,4-5H2,1-3H3. The molecular formula is C26H26N2O5S. The second-order valence-electron chi connectivity index (χ2n) is 7.51. The van der Waals surface area contributed by atoms with Gasteiger partial charge in [0.2, 0.25) is 26.6 Å². The van der Waals surface area contributed by atoms with Crippen molar-refractivity contribution >= 4 is 21.4 Å². The molecule has 1 heterocycles. The molecule has 0 bridgehead atoms. The van der Waals surface area contributed by atoms with Crippen molar-refractivity contribution in [2.45, 2.75) is 30.7 Å². The highest BCUT2D eigenvalue weighted by molar-refractivity contribution is 7.91. The van der Waals surface area contributed by atoms with Crippen LogP contribution in [-0.2, 0) is 9.84 Å². The first-order chi connectivity index (χ1) is 16.4. The predicted molar refractivity (Wildman–Crippen MR) is 131 cm³/mol. The Morgan fingerprint density at radius 2 is 1.38 bits per heavy atom. The number of anilines is 2. The highest BCUT2D eigenvalue weighted by Gasteiger charge is 2.28. The van der Waals surface area contributed by atoms with Crippen LogP contribution in [0, 0.1) is 6.92 Å². The molecule has 0 aliphatic carbocycles. The van der Waals surface area contributed by atoms with Gasteiger partial charge in [-0.15, -0.1) is 0 Å². The predicted octanol–water partition coefficient (Wildman–Crippen LogP) is 6.02. The summed E-state index contributed by atoms with van der Waals surface area (Å²) in [7, 11) is -3.94. The van der Waals surface area contributed by atoms with Gasteiger partial charge in [-0.1, -0.05) is 17.7 Å². The van der Waals surface area contributed by atoms with Gasteiger partial charge in [-0.2, -0.15) is 4.98 Å². The van der Waals surface area contributed by atoms with E-state index in [0.717, 1.165) is 5.56 Å². The van der Waals surface area contributed by atoms with Crippen molar-refractivity contribution in [1.82, 2.24) is 4.98 Å². The van der Waals surface area contributed by atoms with Crippen molar-refractivity contribution in [1.29, 1.82) is 0 Å². The molecule has 0 spiro atoms. The topological polar surface area (TPSA) is 90.7 Å². The van der Waals surface area contributed by atoms with Crippen LogP contribution >= 0.6 is 0 Å². The molecule has 0 saturated carbocycles. The van der Waals surface area contributed by atoms with Gasteiger partial charge >= 0.3 is 0 Å². The van der Waals surface area contributed by atoms with Crippen molar-refractivity contribution in [3.63, 3.8) is 0 Å². The average molecular weight is 479 g/mol. The number of aromatic nitrogens is 1. The van der Waals surface area contributed by atoms with Crippen LogP contribution in [0.1, 0.15) is 19.4 Å². The van der Waals surface area contributed by atoms with E-state index in [2.05, 4.69) is 10.3 Å². The monoisotopic (exact) mass is 478 g/mol. The van der Waals surface area contributed by atoms with Crippen molar-refractivity contribution in [3.8, 4) is 23.0 Å². The number of ether oxygens (including phenoxy) is 2. The van der Waals surface area contributed by atoms with E-state index >= 15 is 0 Å². The Morgan fingerprint density at radius 3 is 1.94 bits per heavy atom. The molecule has 0 atom stereocenters. The maximum Gasteiger partial charge on any atom is 0.238 e. The van der Waals surface area contributed by atoms with Crippen molar-refractivity contribution in [3.05, 3.63) is 78.4 Å². The second-order valence-corrected chi connectivity index (χ2v) is 9.37. The normalized spacial score (nSPS) is 11.3. The Kier molecular flexibility index (Phi) is 6.88. The van der Waals surface area contributed by atoms with Gasteiger partial charge in [-0.3, -0.25) is 0 Å². The van der Waals surface area contributed by atoms with Crippen LogP contribution in [0.15, 0.2) is 87.1 Å². The number of benzene rings is 3. The van der Waals surface area contributed by atoms with Gasteiger partial charge in [0.25, 0.3) is 0 Å². The van der Waals surface area contributed by atoms with Gasteiger partial charge in [0.05, 0.1) is 18.1 Å². The van der Waals surface area contributed by atoms with Gasteiger partial charge in [0.1, 0.15) is 11.5 Å². The lowest BCUT2D eigenvalue weighted by atomic mass is 10.2. The molecule has 1 aromatic heterocycles. The Morgan fingerprint density at radius 1 is 0.824 bits per heavy atom. The fourth-order valence-corrected chi connectivity index (χ4v) is 4.57. The van der Waals surface area contributed by atoms with Gasteiger partial charge in [-0.25, -0.2) is 8.42 Å². The Balaban J connectivity index is 1.75. The Labute approximate surface area is 199 Å². The molecule has 34 heavy (non-hydrogen) atoms. The summed E-state index contributed by atoms with van der Waals surface area (Å²) in [6.07, 6.45) is 0. The van der Waals surface area contributed by atoms with Gasteiger partial charge in [0.15, 0.2) is 0 Å². The molecule has 0 aliphatic heterocycles. The lowest BCUT2D eigenvalue weighted by Crippen LogP contribution is -2.05. The molecule has 4 aromatic rings. The summed E-state index contributed by atoms with van der Waals surface area (Å²) in [5, 5.41) is 2.88. The van der Waals surface area contributed by atoms with E-state index in [9.17, 15) is 8.42 Å². The van der Waals surface area contributed by atoms with Crippen molar-refractivity contribution in [2.24, 2.45) is 0 Å². The molecule has 4 rings (SSSR count). The average Bonchev–Trinajstić information content (AvgIpc) is 3.26. The van der Waals surface area contributed by atoms with Crippen molar-refractivity contribution in [2.75, 3.05) is 18.5 Å². The Bertz CT molecular complexity index is 1340. The summed E-state index contributed by atoms with van der Waals surface area (Å²) in [5.74, 6) is 1.64. The SMILES string of the molecule is CCOc1ccc(Nc2oc(-c3ccc(OCC)cc3)nc2S(=O)(=O)c2ccc(C)cc2)cc1. The minimum absolute atomic E-state index is 0.0358. The largest absolute Gasteiger partial charge is 0.494 e. The third kappa shape index (κ3) is 5.07. The van der Waals surface area contributed by atoms with Crippen LogP contribution in [0.2, 0.25) is 0 Å². The van der Waals surface area contributed by atoms with Gasteiger partial charge < -0.3 is 19.2 Å². The maximum absolute atomic E-state index is 13.5. The van der Waals surface area contributed by atoms with Crippen LogP contribution in [0.5, 0.6) is 11.5 Å². The molecule has 8 heteroatoms. The fourth-order valence-electron chi connectivity index (χ4n) is 3.31. The van der Waals surface area contributed by atoms with E-state index in [1.165, 1.54) is 0 Å². The van der Waals surface area contributed by atoms with E-state index in [1.807, 2.05) is 20.8 Å². The first-order valence-corrected chi connectivity index (χ1v) is 12.4. The summed E-state index contributed by atoms with van der Waals surface area (Å²) in [4.78, 5) is 4.53. The number of rotatable bonds is 9. The number of nitrogens with zero attached hydrogens (tertiary/aromatic N) is 1. The van der Waals surface area contributed by atoms with Crippen LogP contribution < -0.4 is 14.8 Å². The van der Waals surface area contributed by atoms with Crippen LogP contribution in [0.25, 0.3) is 11.5 Å². The van der Waals surface area contributed by atoms with Gasteiger partial charge in [0, 0.05) is 11.3 Å². The molecular weight excluding hydrogens is 452 g/mol. The zero-order valence-corrected chi connectivity index (χ0v) is 20.1. The van der Waals surface area contributed by atoms with Gasteiger partial charge in [-0.05, 0) is 81.4 Å². The molecule has 3 aromatic carbocycles. The maximum atomic E-state index is 13.5. The number of nitrogens with one attached hydrogen (secondary N) is 1. The lowest BCUT2D eigenvalue weighted by molar-refractivity contribution is 0.340. The number of hydrogen-bond acceptors (Lipinski definition) is 7. The lowest BCUT2D eigenvalue weighted by Gasteiger charge is -2.08. The first-order valence-electron chi connectivity index (χ1n) is 11.0. The smallest absolute Gasteiger partial charge is 0.238 e. The third-order valence-corrected chi connectivity index (χ3v) is 6.70. The summed E-state index contributed by atoms with van der Waals surface area (Å²) in [6.45, 7) is 6.82. The zero-order valence-electron chi connectivity index (χ0n) is 19.2. The number of hydrogen-bond donors (Lipinski definition) is 1. The molecule has 176 valence electrons. The number of oxazole rings is 1. The second kappa shape index (κ2) is 10.0. The number of sulfone groups is 1. The first kappa shape index (κ1) is 23.4. The van der Waals surface area contributed by atoms with Crippen LogP contribution in [0.3, 0.4) is 0 Å². The summed E-state index contributed by atoms with van der Waals surface area (Å²) < 4.78 is 43.9. The Hall–Kier alpha value is -3.78.